The summed E-state index contributed by atoms with van der Waals surface area (Å²) in [7, 11) is -2.10. The Morgan fingerprint density at radius 2 is 2.00 bits per heavy atom. The summed E-state index contributed by atoms with van der Waals surface area (Å²) in [5.41, 5.74) is 0.912. The minimum absolute atomic E-state index is 0.103. The van der Waals surface area contributed by atoms with Crippen LogP contribution in [-0.2, 0) is 19.6 Å². The van der Waals surface area contributed by atoms with Gasteiger partial charge in [0.15, 0.2) is 0 Å². The van der Waals surface area contributed by atoms with Crippen molar-refractivity contribution in [3.63, 3.8) is 0 Å². The van der Waals surface area contributed by atoms with Crippen molar-refractivity contribution in [3.8, 4) is 0 Å². The molecule has 0 unspecified atom stereocenters. The molecule has 1 aliphatic carbocycles. The number of esters is 1. The number of ether oxygens (including phenoxy) is 1. The van der Waals surface area contributed by atoms with Crippen LogP contribution in [0, 0.1) is 12.8 Å². The summed E-state index contributed by atoms with van der Waals surface area (Å²) in [5.74, 6) is -0.303. The molecule has 1 aromatic rings. The summed E-state index contributed by atoms with van der Waals surface area (Å²) in [5, 5.41) is 0. The fourth-order valence-electron chi connectivity index (χ4n) is 2.46. The topological polar surface area (TPSA) is 72.5 Å². The van der Waals surface area contributed by atoms with Crippen LogP contribution in [0.25, 0.3) is 0 Å². The van der Waals surface area contributed by atoms with Crippen molar-refractivity contribution >= 4 is 43.3 Å². The van der Waals surface area contributed by atoms with Crippen LogP contribution >= 0.6 is 27.3 Å². The highest BCUT2D eigenvalue weighted by Gasteiger charge is 2.30. The number of rotatable bonds is 4. The lowest BCUT2D eigenvalue weighted by Crippen LogP contribution is -2.38. The van der Waals surface area contributed by atoms with Gasteiger partial charge >= 0.3 is 5.97 Å². The van der Waals surface area contributed by atoms with E-state index in [1.165, 1.54) is 18.4 Å². The highest BCUT2D eigenvalue weighted by Crippen LogP contribution is 2.32. The van der Waals surface area contributed by atoms with Crippen LogP contribution in [0.4, 0.5) is 0 Å². The molecule has 1 aromatic heterocycles. The van der Waals surface area contributed by atoms with E-state index in [1.807, 2.05) is 6.92 Å². The van der Waals surface area contributed by atoms with Crippen LogP contribution in [-0.4, -0.2) is 27.5 Å². The third-order valence-electron chi connectivity index (χ3n) is 3.68. The number of sulfonamides is 1. The van der Waals surface area contributed by atoms with Crippen molar-refractivity contribution in [1.82, 2.24) is 4.72 Å². The highest BCUT2D eigenvalue weighted by molar-refractivity contribution is 9.11. The smallest absolute Gasteiger partial charge is 0.308 e. The van der Waals surface area contributed by atoms with E-state index in [2.05, 4.69) is 20.7 Å². The van der Waals surface area contributed by atoms with Gasteiger partial charge in [0.2, 0.25) is 10.0 Å². The fourth-order valence-corrected chi connectivity index (χ4v) is 6.00. The van der Waals surface area contributed by atoms with Crippen molar-refractivity contribution in [2.45, 2.75) is 42.9 Å². The average molecular weight is 396 g/mol. The summed E-state index contributed by atoms with van der Waals surface area (Å²) in [6.07, 6.45) is 2.63. The largest absolute Gasteiger partial charge is 0.469 e. The van der Waals surface area contributed by atoms with Gasteiger partial charge < -0.3 is 4.74 Å². The van der Waals surface area contributed by atoms with E-state index in [0.717, 1.165) is 9.35 Å². The van der Waals surface area contributed by atoms with Gasteiger partial charge in [0, 0.05) is 6.04 Å². The van der Waals surface area contributed by atoms with E-state index >= 15 is 0 Å². The highest BCUT2D eigenvalue weighted by atomic mass is 79.9. The lowest BCUT2D eigenvalue weighted by Gasteiger charge is -2.27. The zero-order valence-electron chi connectivity index (χ0n) is 11.9. The van der Waals surface area contributed by atoms with Gasteiger partial charge in [-0.2, -0.15) is 0 Å². The van der Waals surface area contributed by atoms with Gasteiger partial charge in [0.1, 0.15) is 4.21 Å². The van der Waals surface area contributed by atoms with E-state index in [0.29, 0.717) is 29.9 Å². The molecule has 0 amide bonds. The van der Waals surface area contributed by atoms with Gasteiger partial charge in [-0.1, -0.05) is 0 Å². The minimum Gasteiger partial charge on any atom is -0.469 e. The van der Waals surface area contributed by atoms with Crippen molar-refractivity contribution < 1.29 is 17.9 Å². The second-order valence-corrected chi connectivity index (χ2v) is 9.53. The molecule has 1 saturated carbocycles. The number of nitrogens with one attached hydrogen (secondary N) is 1. The molecule has 1 heterocycles. The Kier molecular flexibility index (Phi) is 5.45. The first kappa shape index (κ1) is 16.9. The standard InChI is InChI=1S/C13H18BrNO4S2/c1-8-7-11(20-12(8)14)21(17,18)15-10-5-3-9(4-6-10)13(16)19-2/h7,9-10,15H,3-6H2,1-2H3. The number of hydrogen-bond acceptors (Lipinski definition) is 5. The molecule has 0 radical (unpaired) electrons. The molecule has 8 heteroatoms. The predicted molar refractivity (Wildman–Crippen MR) is 84.8 cm³/mol. The first-order chi connectivity index (χ1) is 9.83. The van der Waals surface area contributed by atoms with Crippen LogP contribution in [0.1, 0.15) is 31.2 Å². The molecule has 118 valence electrons. The fraction of sp³-hybridized carbons (Fsp3) is 0.615. The Labute approximate surface area is 137 Å². The van der Waals surface area contributed by atoms with Crippen LogP contribution in [0.5, 0.6) is 0 Å². The number of carbonyl (C=O) groups excluding carboxylic acids is 1. The second-order valence-electron chi connectivity index (χ2n) is 5.22. The number of halogens is 1. The second kappa shape index (κ2) is 6.76. The molecule has 0 aliphatic heterocycles. The molecule has 0 atom stereocenters. The Morgan fingerprint density at radius 1 is 1.38 bits per heavy atom. The minimum atomic E-state index is -3.48. The van der Waals surface area contributed by atoms with E-state index < -0.39 is 10.0 Å². The summed E-state index contributed by atoms with van der Waals surface area (Å²) in [6.45, 7) is 1.86. The Morgan fingerprint density at radius 3 is 2.48 bits per heavy atom. The average Bonchev–Trinajstić information content (AvgIpc) is 2.79. The van der Waals surface area contributed by atoms with Gasteiger partial charge in [0.25, 0.3) is 0 Å². The monoisotopic (exact) mass is 395 g/mol. The predicted octanol–water partition coefficient (Wildman–Crippen LogP) is 2.83. The molecular weight excluding hydrogens is 378 g/mol. The molecule has 1 aliphatic rings. The maximum absolute atomic E-state index is 12.3. The van der Waals surface area contributed by atoms with Gasteiger partial charge in [-0.05, 0) is 60.2 Å². The summed E-state index contributed by atoms with van der Waals surface area (Å²) < 4.78 is 33.3. The molecule has 0 spiro atoms. The maximum Gasteiger partial charge on any atom is 0.308 e. The van der Waals surface area contributed by atoms with Gasteiger partial charge in [-0.3, -0.25) is 4.79 Å². The third-order valence-corrected chi connectivity index (χ3v) is 7.81. The SMILES string of the molecule is COC(=O)C1CCC(NS(=O)(=O)c2cc(C)c(Br)s2)CC1. The number of aryl methyl sites for hydroxylation is 1. The van der Waals surface area contributed by atoms with Gasteiger partial charge in [0.05, 0.1) is 16.8 Å². The van der Waals surface area contributed by atoms with E-state index in [9.17, 15) is 13.2 Å². The zero-order chi connectivity index (χ0) is 15.6. The molecular formula is C13H18BrNO4S2. The number of methoxy groups -OCH3 is 1. The van der Waals surface area contributed by atoms with E-state index in [1.54, 1.807) is 6.07 Å². The first-order valence-electron chi connectivity index (χ1n) is 6.69. The van der Waals surface area contributed by atoms with Crippen molar-refractivity contribution in [2.24, 2.45) is 5.92 Å². The molecule has 2 rings (SSSR count). The maximum atomic E-state index is 12.3. The number of carbonyl (C=O) groups is 1. The van der Waals surface area contributed by atoms with E-state index in [4.69, 9.17) is 4.74 Å². The Bertz CT molecular complexity index is 599. The third kappa shape index (κ3) is 4.06. The summed E-state index contributed by atoms with van der Waals surface area (Å²) in [4.78, 5) is 11.5. The van der Waals surface area contributed by atoms with Crippen molar-refractivity contribution in [1.29, 1.82) is 0 Å². The van der Waals surface area contributed by atoms with Gasteiger partial charge in [-0.25, -0.2) is 13.1 Å². The van der Waals surface area contributed by atoms with Crippen LogP contribution < -0.4 is 4.72 Å². The molecule has 5 nitrogen and oxygen atoms in total. The number of thiophene rings is 1. The Balaban J connectivity index is 1.98. The normalized spacial score (nSPS) is 23.0. The lowest BCUT2D eigenvalue weighted by molar-refractivity contribution is -0.146. The first-order valence-corrected chi connectivity index (χ1v) is 9.79. The van der Waals surface area contributed by atoms with Gasteiger partial charge in [-0.15, -0.1) is 11.3 Å². The Hall–Kier alpha value is -0.440. The quantitative estimate of drug-likeness (QED) is 0.795. The number of hydrogen-bond donors (Lipinski definition) is 1. The summed E-state index contributed by atoms with van der Waals surface area (Å²) >= 11 is 4.55. The molecule has 0 aromatic carbocycles. The zero-order valence-corrected chi connectivity index (χ0v) is 15.1. The summed E-state index contributed by atoms with van der Waals surface area (Å²) in [6, 6.07) is 1.55. The van der Waals surface area contributed by atoms with Crippen molar-refractivity contribution in [2.75, 3.05) is 7.11 Å². The van der Waals surface area contributed by atoms with Crippen LogP contribution in [0.3, 0.4) is 0 Å². The molecule has 0 saturated heterocycles. The van der Waals surface area contributed by atoms with E-state index in [-0.39, 0.29) is 17.9 Å². The van der Waals surface area contributed by atoms with Crippen LogP contribution in [0.15, 0.2) is 14.1 Å². The van der Waals surface area contributed by atoms with Crippen molar-refractivity contribution in [3.05, 3.63) is 15.4 Å². The molecule has 0 bridgehead atoms. The molecule has 1 N–H and O–H groups in total. The van der Waals surface area contributed by atoms with Crippen LogP contribution in [0.2, 0.25) is 0 Å². The lowest BCUT2D eigenvalue weighted by atomic mass is 9.86. The molecule has 1 fully saturated rings. The molecule has 21 heavy (non-hydrogen) atoms.